The average Bonchev–Trinajstić information content (AvgIpc) is 3.49. The van der Waals surface area contributed by atoms with Crippen molar-refractivity contribution in [3.63, 3.8) is 0 Å². The summed E-state index contributed by atoms with van der Waals surface area (Å²) in [4.78, 5) is 0. The quantitative estimate of drug-likeness (QED) is 0.146. The fraction of sp³-hybridized carbons (Fsp3) is 0. The van der Waals surface area contributed by atoms with Crippen molar-refractivity contribution >= 4 is 86.2 Å². The van der Waals surface area contributed by atoms with E-state index in [1.165, 1.54) is 153 Å². The van der Waals surface area contributed by atoms with Gasteiger partial charge in [-0.15, -0.1) is 0 Å². The number of hydrogen-bond acceptors (Lipinski definition) is 0. The summed E-state index contributed by atoms with van der Waals surface area (Å²) < 4.78 is 0. The Bertz CT molecular complexity index is 4640. The molecule has 0 saturated heterocycles. The zero-order chi connectivity index (χ0) is 48.7. The molecule has 0 aliphatic carbocycles. The van der Waals surface area contributed by atoms with Gasteiger partial charge in [0.2, 0.25) is 0 Å². The van der Waals surface area contributed by atoms with E-state index >= 15 is 0 Å². The third-order valence-electron chi connectivity index (χ3n) is 15.8. The zero-order valence-electron chi connectivity index (χ0n) is 40.6. The molecule has 0 atom stereocenters. The molecule has 0 bridgehead atoms. The molecular formula is C74H46. The van der Waals surface area contributed by atoms with Gasteiger partial charge in [0.25, 0.3) is 0 Å². The molecule has 0 amide bonds. The van der Waals surface area contributed by atoms with Gasteiger partial charge in [-0.1, -0.05) is 267 Å². The summed E-state index contributed by atoms with van der Waals surface area (Å²) in [7, 11) is 0. The normalized spacial score (nSPS) is 11.8. The van der Waals surface area contributed by atoms with Gasteiger partial charge in [-0.05, 0) is 165 Å². The molecule has 15 rings (SSSR count). The summed E-state index contributed by atoms with van der Waals surface area (Å²) >= 11 is 0. The highest BCUT2D eigenvalue weighted by molar-refractivity contribution is 6.26. The van der Waals surface area contributed by atoms with Crippen LogP contribution >= 0.6 is 0 Å². The molecule has 74 heavy (non-hydrogen) atoms. The fourth-order valence-electron chi connectivity index (χ4n) is 12.5. The Kier molecular flexibility index (Phi) is 9.68. The molecule has 0 N–H and O–H groups in total. The van der Waals surface area contributed by atoms with Crippen LogP contribution in [0.15, 0.2) is 279 Å². The highest BCUT2D eigenvalue weighted by Crippen LogP contribution is 2.49. The van der Waals surface area contributed by atoms with Gasteiger partial charge in [-0.2, -0.15) is 0 Å². The number of hydrogen-bond donors (Lipinski definition) is 0. The maximum atomic E-state index is 2.42. The van der Waals surface area contributed by atoms with E-state index in [9.17, 15) is 0 Å². The van der Waals surface area contributed by atoms with Crippen molar-refractivity contribution < 1.29 is 0 Å². The van der Waals surface area contributed by atoms with Crippen molar-refractivity contribution in [2.45, 2.75) is 0 Å². The van der Waals surface area contributed by atoms with Crippen molar-refractivity contribution in [1.29, 1.82) is 0 Å². The van der Waals surface area contributed by atoms with Crippen molar-refractivity contribution in [2.75, 3.05) is 0 Å². The van der Waals surface area contributed by atoms with E-state index in [0.717, 1.165) is 0 Å². The van der Waals surface area contributed by atoms with Gasteiger partial charge < -0.3 is 0 Å². The molecule has 0 nitrogen and oxygen atoms in total. The molecule has 15 aromatic carbocycles. The second kappa shape index (κ2) is 17.0. The minimum absolute atomic E-state index is 1.20. The Morgan fingerprint density at radius 2 is 0.392 bits per heavy atom. The maximum Gasteiger partial charge on any atom is -0.00201 e. The largest absolute Gasteiger partial charge is 0.0616 e. The molecule has 0 heteroatoms. The number of rotatable bonds is 6. The smallest absolute Gasteiger partial charge is 0.00201 e. The van der Waals surface area contributed by atoms with Crippen LogP contribution in [0.25, 0.3) is 153 Å². The van der Waals surface area contributed by atoms with Gasteiger partial charge in [-0.3, -0.25) is 0 Å². The first kappa shape index (κ1) is 42.1. The molecule has 0 fully saturated rings. The maximum absolute atomic E-state index is 2.42. The zero-order valence-corrected chi connectivity index (χ0v) is 40.6. The fourth-order valence-corrected chi connectivity index (χ4v) is 12.5. The molecule has 0 saturated carbocycles. The first-order valence-corrected chi connectivity index (χ1v) is 25.7. The number of benzene rings is 15. The Hall–Kier alpha value is -9.62. The van der Waals surface area contributed by atoms with Gasteiger partial charge in [0.15, 0.2) is 0 Å². The van der Waals surface area contributed by atoms with E-state index in [-0.39, 0.29) is 0 Å². The molecule has 0 aromatic heterocycles. The highest BCUT2D eigenvalue weighted by atomic mass is 14.2. The third kappa shape index (κ3) is 6.62. The van der Waals surface area contributed by atoms with E-state index < -0.39 is 0 Å². The van der Waals surface area contributed by atoms with Gasteiger partial charge in [0.05, 0.1) is 0 Å². The van der Waals surface area contributed by atoms with E-state index in [4.69, 9.17) is 0 Å². The Morgan fingerprint density at radius 3 is 0.784 bits per heavy atom. The van der Waals surface area contributed by atoms with Crippen molar-refractivity contribution in [3.8, 4) is 66.8 Å². The van der Waals surface area contributed by atoms with Crippen LogP contribution in [0.3, 0.4) is 0 Å². The minimum atomic E-state index is 1.20. The van der Waals surface area contributed by atoms with Crippen LogP contribution in [0.2, 0.25) is 0 Å². The predicted molar refractivity (Wildman–Crippen MR) is 319 cm³/mol. The van der Waals surface area contributed by atoms with E-state index in [1.54, 1.807) is 0 Å². The molecule has 15 aromatic rings. The van der Waals surface area contributed by atoms with Crippen molar-refractivity contribution in [1.82, 2.24) is 0 Å². The first-order chi connectivity index (χ1) is 36.7. The van der Waals surface area contributed by atoms with Crippen LogP contribution in [0.5, 0.6) is 0 Å². The van der Waals surface area contributed by atoms with Gasteiger partial charge in [0.1, 0.15) is 0 Å². The van der Waals surface area contributed by atoms with Crippen LogP contribution in [-0.2, 0) is 0 Å². The summed E-state index contributed by atoms with van der Waals surface area (Å²) in [6, 6.07) is 104. The Balaban J connectivity index is 0.851. The van der Waals surface area contributed by atoms with Crippen LogP contribution in [0.4, 0.5) is 0 Å². The molecule has 0 radical (unpaired) electrons. The molecule has 0 spiro atoms. The summed E-state index contributed by atoms with van der Waals surface area (Å²) in [5.74, 6) is 0. The molecule has 342 valence electrons. The number of fused-ring (bicyclic) bond motifs is 8. The summed E-state index contributed by atoms with van der Waals surface area (Å²) in [5.41, 5.74) is 14.9. The molecular weight excluding hydrogens is 889 g/mol. The lowest BCUT2D eigenvalue weighted by atomic mass is 9.83. The van der Waals surface area contributed by atoms with E-state index in [1.807, 2.05) is 0 Å². The standard InChI is InChI=1S/C74H46/c1-3-23-55-47(17-1)19-14-34-58(55)72-62-27-7-5-25-60(62)71(61-26-6-8-28-63(61)72)52-41-37-51(38-42-52)57-33-13-21-49-39-43-53(45-69(49)57)54-44-40-50-22-16-36-68(70(50)46-54)74-66-31-11-9-29-64(66)73(65-30-10-12-32-67(65)74)59-35-15-20-48-18-2-4-24-56(48)59/h1-46H. The molecule has 0 aliphatic rings. The van der Waals surface area contributed by atoms with E-state index in [2.05, 4.69) is 279 Å². The Morgan fingerprint density at radius 1 is 0.135 bits per heavy atom. The first-order valence-electron chi connectivity index (χ1n) is 25.7. The lowest BCUT2D eigenvalue weighted by Crippen LogP contribution is -1.92. The highest BCUT2D eigenvalue weighted by Gasteiger charge is 2.21. The van der Waals surface area contributed by atoms with Crippen LogP contribution in [0.1, 0.15) is 0 Å². The second-order valence-electron chi connectivity index (χ2n) is 19.8. The predicted octanol–water partition coefficient (Wildman–Crippen LogP) is 20.9. The Labute approximate surface area is 429 Å². The lowest BCUT2D eigenvalue weighted by Gasteiger charge is -2.20. The summed E-state index contributed by atoms with van der Waals surface area (Å²) in [6.07, 6.45) is 0. The lowest BCUT2D eigenvalue weighted by molar-refractivity contribution is 1.63. The third-order valence-corrected chi connectivity index (χ3v) is 15.8. The van der Waals surface area contributed by atoms with E-state index in [0.29, 0.717) is 0 Å². The molecule has 0 aliphatic heterocycles. The van der Waals surface area contributed by atoms with Crippen LogP contribution < -0.4 is 0 Å². The average molecular weight is 935 g/mol. The minimum Gasteiger partial charge on any atom is -0.0616 e. The van der Waals surface area contributed by atoms with Crippen LogP contribution in [-0.4, -0.2) is 0 Å². The van der Waals surface area contributed by atoms with Crippen molar-refractivity contribution in [2.24, 2.45) is 0 Å². The van der Waals surface area contributed by atoms with Gasteiger partial charge >= 0.3 is 0 Å². The van der Waals surface area contributed by atoms with Crippen molar-refractivity contribution in [3.05, 3.63) is 279 Å². The SMILES string of the molecule is c1cc(-c2ccc(-c3c4ccccc4c(-c4cccc5ccccc45)c4ccccc34)cc2)c2cc(-c3ccc4cccc(-c5c6ccccc6c(-c6cccc7ccccc67)c6ccccc56)c4c3)ccc2c1. The topological polar surface area (TPSA) is 0 Å². The second-order valence-corrected chi connectivity index (χ2v) is 19.8. The van der Waals surface area contributed by atoms with Gasteiger partial charge in [-0.25, -0.2) is 0 Å². The summed E-state index contributed by atoms with van der Waals surface area (Å²) in [6.45, 7) is 0. The molecule has 0 unspecified atom stereocenters. The van der Waals surface area contributed by atoms with Gasteiger partial charge in [0, 0.05) is 0 Å². The monoisotopic (exact) mass is 934 g/mol. The van der Waals surface area contributed by atoms with Crippen LogP contribution in [0, 0.1) is 0 Å². The summed E-state index contributed by atoms with van der Waals surface area (Å²) in [5, 5.41) is 20.1. The molecule has 0 heterocycles.